The molecule has 7 heteroatoms. The third kappa shape index (κ3) is 3.62. The molecule has 0 aromatic carbocycles. The Kier molecular flexibility index (Phi) is 5.09. The van der Waals surface area contributed by atoms with Gasteiger partial charge in [-0.05, 0) is 26.3 Å². The first-order valence-electron chi connectivity index (χ1n) is 6.53. The Labute approximate surface area is 118 Å². The van der Waals surface area contributed by atoms with Crippen molar-refractivity contribution in [3.63, 3.8) is 0 Å². The van der Waals surface area contributed by atoms with Gasteiger partial charge >= 0.3 is 0 Å². The third-order valence-corrected chi connectivity index (χ3v) is 4.18. The summed E-state index contributed by atoms with van der Waals surface area (Å²) in [7, 11) is 3.40. The van der Waals surface area contributed by atoms with E-state index in [9.17, 15) is 0 Å². The Balaban J connectivity index is 1.92. The summed E-state index contributed by atoms with van der Waals surface area (Å²) in [5, 5.41) is 7.72. The van der Waals surface area contributed by atoms with Crippen molar-refractivity contribution in [2.24, 2.45) is 0 Å². The molecule has 1 aromatic heterocycles. The summed E-state index contributed by atoms with van der Waals surface area (Å²) in [5.41, 5.74) is 0.0213. The van der Waals surface area contributed by atoms with Crippen molar-refractivity contribution >= 4 is 16.7 Å². The fraction of sp³-hybridized carbons (Fsp3) is 0.833. The van der Waals surface area contributed by atoms with Gasteiger partial charge in [-0.3, -0.25) is 0 Å². The molecule has 2 atom stereocenters. The monoisotopic (exact) mass is 286 g/mol. The van der Waals surface area contributed by atoms with Gasteiger partial charge in [0.2, 0.25) is 5.13 Å². The summed E-state index contributed by atoms with van der Waals surface area (Å²) >= 11 is 1.37. The number of rotatable bonds is 7. The molecule has 1 saturated heterocycles. The Morgan fingerprint density at radius 3 is 3.00 bits per heavy atom. The number of anilines is 1. The topological polar surface area (TPSA) is 68.3 Å². The minimum absolute atomic E-state index is 0.0213. The Hall–Kier alpha value is -0.760. The molecule has 2 unspecified atom stereocenters. The highest BCUT2D eigenvalue weighted by Crippen LogP contribution is 2.23. The molecule has 0 radical (unpaired) electrons. The lowest BCUT2D eigenvalue weighted by atomic mass is 9.99. The standard InChI is InChI=1S/C12H22N4O2S/c1-9(18-3)10-15-11(19-16-10)13-7-12(8-17-2)5-4-6-14-12/h9,14H,4-8H2,1-3H3,(H,13,15,16). The van der Waals surface area contributed by atoms with Gasteiger partial charge in [0.05, 0.1) is 12.1 Å². The fourth-order valence-electron chi connectivity index (χ4n) is 2.29. The van der Waals surface area contributed by atoms with Gasteiger partial charge in [-0.15, -0.1) is 0 Å². The second kappa shape index (κ2) is 6.60. The lowest BCUT2D eigenvalue weighted by Gasteiger charge is -2.28. The SMILES string of the molecule is COCC1(CNc2nc(C(C)OC)ns2)CCCN1. The van der Waals surface area contributed by atoms with E-state index in [0.717, 1.165) is 30.5 Å². The van der Waals surface area contributed by atoms with E-state index in [-0.39, 0.29) is 11.6 Å². The summed E-state index contributed by atoms with van der Waals surface area (Å²) in [6.07, 6.45) is 2.24. The third-order valence-electron chi connectivity index (χ3n) is 3.49. The van der Waals surface area contributed by atoms with Gasteiger partial charge in [0.25, 0.3) is 0 Å². The van der Waals surface area contributed by atoms with Crippen LogP contribution in [0.1, 0.15) is 31.7 Å². The summed E-state index contributed by atoms with van der Waals surface area (Å²) in [4.78, 5) is 4.44. The first-order valence-corrected chi connectivity index (χ1v) is 7.31. The molecule has 1 aromatic rings. The average molecular weight is 286 g/mol. The van der Waals surface area contributed by atoms with Gasteiger partial charge in [0.15, 0.2) is 5.82 Å². The summed E-state index contributed by atoms with van der Waals surface area (Å²) < 4.78 is 14.8. The molecule has 0 amide bonds. The van der Waals surface area contributed by atoms with Crippen LogP contribution in [0.2, 0.25) is 0 Å². The van der Waals surface area contributed by atoms with Crippen molar-refractivity contribution < 1.29 is 9.47 Å². The van der Waals surface area contributed by atoms with E-state index >= 15 is 0 Å². The normalized spacial score (nSPS) is 24.6. The fourth-order valence-corrected chi connectivity index (χ4v) is 2.93. The van der Waals surface area contributed by atoms with Crippen molar-refractivity contribution in [2.45, 2.75) is 31.4 Å². The summed E-state index contributed by atoms with van der Waals surface area (Å²) in [6.45, 7) is 4.50. The predicted molar refractivity (Wildman–Crippen MR) is 75.7 cm³/mol. The van der Waals surface area contributed by atoms with E-state index in [2.05, 4.69) is 20.0 Å². The molecule has 2 heterocycles. The second-order valence-corrected chi connectivity index (χ2v) is 5.68. The molecule has 108 valence electrons. The lowest BCUT2D eigenvalue weighted by Crippen LogP contribution is -2.49. The molecule has 1 aliphatic heterocycles. The largest absolute Gasteiger partial charge is 0.383 e. The van der Waals surface area contributed by atoms with Crippen molar-refractivity contribution in [1.82, 2.24) is 14.7 Å². The number of nitrogens with zero attached hydrogens (tertiary/aromatic N) is 2. The molecule has 0 bridgehead atoms. The molecule has 19 heavy (non-hydrogen) atoms. The van der Waals surface area contributed by atoms with Crippen molar-refractivity contribution in [1.29, 1.82) is 0 Å². The first kappa shape index (κ1) is 14.6. The van der Waals surface area contributed by atoms with Crippen LogP contribution in [0, 0.1) is 0 Å². The van der Waals surface area contributed by atoms with Crippen LogP contribution in [0.4, 0.5) is 5.13 Å². The minimum atomic E-state index is -0.0654. The highest BCUT2D eigenvalue weighted by atomic mass is 32.1. The van der Waals surface area contributed by atoms with Crippen LogP contribution >= 0.6 is 11.5 Å². The molecular formula is C12H22N4O2S. The van der Waals surface area contributed by atoms with Gasteiger partial charge in [-0.2, -0.15) is 4.37 Å². The maximum atomic E-state index is 5.32. The van der Waals surface area contributed by atoms with Crippen LogP contribution in [-0.4, -0.2) is 48.8 Å². The second-order valence-electron chi connectivity index (χ2n) is 4.93. The number of hydrogen-bond donors (Lipinski definition) is 2. The van der Waals surface area contributed by atoms with Crippen molar-refractivity contribution in [3.8, 4) is 0 Å². The van der Waals surface area contributed by atoms with E-state index in [1.54, 1.807) is 14.2 Å². The molecule has 6 nitrogen and oxygen atoms in total. The van der Waals surface area contributed by atoms with Crippen LogP contribution in [-0.2, 0) is 9.47 Å². The highest BCUT2D eigenvalue weighted by Gasteiger charge is 2.33. The molecule has 0 aliphatic carbocycles. The lowest BCUT2D eigenvalue weighted by molar-refractivity contribution is 0.113. The number of methoxy groups -OCH3 is 2. The Morgan fingerprint density at radius 2 is 2.37 bits per heavy atom. The van der Waals surface area contributed by atoms with Crippen molar-refractivity contribution in [2.75, 3.05) is 39.2 Å². The molecule has 1 fully saturated rings. The van der Waals surface area contributed by atoms with Crippen LogP contribution in [0.3, 0.4) is 0 Å². The molecule has 2 rings (SSSR count). The van der Waals surface area contributed by atoms with Gasteiger partial charge in [0.1, 0.15) is 6.10 Å². The molecule has 0 spiro atoms. The summed E-state index contributed by atoms with van der Waals surface area (Å²) in [6, 6.07) is 0. The minimum Gasteiger partial charge on any atom is -0.383 e. The number of nitrogens with one attached hydrogen (secondary N) is 2. The zero-order chi connectivity index (χ0) is 13.7. The highest BCUT2D eigenvalue weighted by molar-refractivity contribution is 7.09. The van der Waals surface area contributed by atoms with Crippen LogP contribution in [0.5, 0.6) is 0 Å². The quantitative estimate of drug-likeness (QED) is 0.790. The van der Waals surface area contributed by atoms with E-state index < -0.39 is 0 Å². The number of aromatic nitrogens is 2. The van der Waals surface area contributed by atoms with Crippen molar-refractivity contribution in [3.05, 3.63) is 5.82 Å². The maximum absolute atomic E-state index is 5.32. The average Bonchev–Trinajstić information content (AvgIpc) is 3.05. The van der Waals surface area contributed by atoms with E-state index in [1.165, 1.54) is 18.0 Å². The Bertz CT molecular complexity index is 393. The zero-order valence-corrected chi connectivity index (χ0v) is 12.5. The van der Waals surface area contributed by atoms with E-state index in [4.69, 9.17) is 9.47 Å². The van der Waals surface area contributed by atoms with E-state index in [0.29, 0.717) is 6.61 Å². The van der Waals surface area contributed by atoms with Gasteiger partial charge < -0.3 is 20.1 Å². The van der Waals surface area contributed by atoms with Crippen LogP contribution in [0.15, 0.2) is 0 Å². The predicted octanol–water partition coefficient (Wildman–Crippen LogP) is 1.43. The number of hydrogen-bond acceptors (Lipinski definition) is 7. The zero-order valence-electron chi connectivity index (χ0n) is 11.7. The maximum Gasteiger partial charge on any atom is 0.202 e. The first-order chi connectivity index (χ1) is 9.19. The smallest absolute Gasteiger partial charge is 0.202 e. The molecule has 2 N–H and O–H groups in total. The van der Waals surface area contributed by atoms with E-state index in [1.807, 2.05) is 6.92 Å². The van der Waals surface area contributed by atoms with Gasteiger partial charge in [0, 0.05) is 32.3 Å². The molecule has 0 saturated carbocycles. The van der Waals surface area contributed by atoms with Crippen LogP contribution < -0.4 is 10.6 Å². The van der Waals surface area contributed by atoms with Gasteiger partial charge in [-0.25, -0.2) is 4.98 Å². The summed E-state index contributed by atoms with van der Waals surface area (Å²) in [5.74, 6) is 0.732. The van der Waals surface area contributed by atoms with Crippen LogP contribution in [0.25, 0.3) is 0 Å². The van der Waals surface area contributed by atoms with Gasteiger partial charge in [-0.1, -0.05) is 0 Å². The Morgan fingerprint density at radius 1 is 1.53 bits per heavy atom. The molecule has 1 aliphatic rings. The molecular weight excluding hydrogens is 264 g/mol. The number of ether oxygens (including phenoxy) is 2.